The highest BCUT2D eigenvalue weighted by Gasteiger charge is 2.31. The molecule has 2 rings (SSSR count). The largest absolute Gasteiger partial charge is 0.352 e. The van der Waals surface area contributed by atoms with Gasteiger partial charge in [0.15, 0.2) is 0 Å². The average Bonchev–Trinajstić information content (AvgIpc) is 3.13. The second-order valence-corrected chi connectivity index (χ2v) is 7.77. The van der Waals surface area contributed by atoms with Crippen molar-refractivity contribution >= 4 is 25.6 Å². The lowest BCUT2D eigenvalue weighted by molar-refractivity contribution is -0.124. The number of aromatic nitrogens is 2. The van der Waals surface area contributed by atoms with E-state index in [4.69, 9.17) is 10.7 Å². The molecule has 1 aromatic rings. The standard InChI is InChI=1S/C13H20ClN3O3S/c1-4-10-12(21(14,19)20)11(5-2)17(16-10)8(3)13(18)15-9-6-7-9/h8-9H,4-7H2,1-3H3,(H,15,18). The summed E-state index contributed by atoms with van der Waals surface area (Å²) in [6.07, 6.45) is 2.88. The number of aryl methyl sites for hydroxylation is 1. The first-order valence-corrected chi connectivity index (χ1v) is 9.45. The summed E-state index contributed by atoms with van der Waals surface area (Å²) in [4.78, 5) is 12.2. The highest BCUT2D eigenvalue weighted by molar-refractivity contribution is 8.13. The number of rotatable bonds is 6. The molecule has 0 radical (unpaired) electrons. The van der Waals surface area contributed by atoms with Gasteiger partial charge in [-0.25, -0.2) is 8.42 Å². The molecular formula is C13H20ClN3O3S. The Labute approximate surface area is 129 Å². The number of hydrogen-bond donors (Lipinski definition) is 1. The molecule has 0 aromatic carbocycles. The van der Waals surface area contributed by atoms with Crippen LogP contribution >= 0.6 is 10.7 Å². The lowest BCUT2D eigenvalue weighted by atomic mass is 10.2. The van der Waals surface area contributed by atoms with E-state index in [9.17, 15) is 13.2 Å². The van der Waals surface area contributed by atoms with E-state index in [1.807, 2.05) is 13.8 Å². The normalized spacial score (nSPS) is 16.8. The molecule has 1 aliphatic rings. The highest BCUT2D eigenvalue weighted by atomic mass is 35.7. The Morgan fingerprint density at radius 2 is 2.05 bits per heavy atom. The molecule has 1 fully saturated rings. The van der Waals surface area contributed by atoms with Crippen LogP contribution in [0.5, 0.6) is 0 Å². The van der Waals surface area contributed by atoms with Gasteiger partial charge in [-0.2, -0.15) is 5.10 Å². The quantitative estimate of drug-likeness (QED) is 0.804. The predicted octanol–water partition coefficient (Wildman–Crippen LogP) is 1.77. The van der Waals surface area contributed by atoms with Crippen molar-refractivity contribution in [2.75, 3.05) is 0 Å². The Morgan fingerprint density at radius 1 is 1.43 bits per heavy atom. The van der Waals surface area contributed by atoms with Crippen LogP contribution in [0.25, 0.3) is 0 Å². The Balaban J connectivity index is 2.43. The van der Waals surface area contributed by atoms with Gasteiger partial charge in [0.25, 0.3) is 9.05 Å². The molecule has 0 saturated heterocycles. The third kappa shape index (κ3) is 3.40. The first kappa shape index (κ1) is 16.3. The molecule has 1 atom stereocenters. The maximum atomic E-state index is 12.2. The van der Waals surface area contributed by atoms with E-state index in [0.717, 1.165) is 12.8 Å². The van der Waals surface area contributed by atoms with Crippen molar-refractivity contribution in [3.8, 4) is 0 Å². The van der Waals surface area contributed by atoms with Crippen LogP contribution < -0.4 is 5.32 Å². The van der Waals surface area contributed by atoms with Crippen molar-refractivity contribution in [3.63, 3.8) is 0 Å². The molecule has 21 heavy (non-hydrogen) atoms. The number of halogens is 1. The molecule has 118 valence electrons. The van der Waals surface area contributed by atoms with Crippen molar-refractivity contribution in [1.29, 1.82) is 0 Å². The van der Waals surface area contributed by atoms with Gasteiger partial charge in [0.2, 0.25) is 5.91 Å². The van der Waals surface area contributed by atoms with E-state index in [0.29, 0.717) is 24.2 Å². The third-order valence-corrected chi connectivity index (χ3v) is 5.03. The van der Waals surface area contributed by atoms with Gasteiger partial charge in [-0.05, 0) is 32.6 Å². The molecule has 1 N–H and O–H groups in total. The smallest absolute Gasteiger partial charge is 0.264 e. The molecule has 0 spiro atoms. The van der Waals surface area contributed by atoms with Gasteiger partial charge >= 0.3 is 0 Å². The lowest BCUT2D eigenvalue weighted by Crippen LogP contribution is -2.33. The number of amides is 1. The van der Waals surface area contributed by atoms with Crippen LogP contribution in [0, 0.1) is 0 Å². The molecule has 1 heterocycles. The van der Waals surface area contributed by atoms with Crippen molar-refractivity contribution in [3.05, 3.63) is 11.4 Å². The van der Waals surface area contributed by atoms with Crippen molar-refractivity contribution in [2.45, 2.75) is 63.4 Å². The summed E-state index contributed by atoms with van der Waals surface area (Å²) in [5.41, 5.74) is 0.896. The second-order valence-electron chi connectivity index (χ2n) is 5.27. The number of carbonyl (C=O) groups is 1. The van der Waals surface area contributed by atoms with E-state index < -0.39 is 15.1 Å². The van der Waals surface area contributed by atoms with Gasteiger partial charge in [-0.15, -0.1) is 0 Å². The molecule has 1 amide bonds. The first-order valence-electron chi connectivity index (χ1n) is 7.14. The number of carbonyl (C=O) groups excluding carboxylic acids is 1. The predicted molar refractivity (Wildman–Crippen MR) is 79.9 cm³/mol. The molecule has 8 heteroatoms. The summed E-state index contributed by atoms with van der Waals surface area (Å²) in [6, 6.07) is -0.305. The summed E-state index contributed by atoms with van der Waals surface area (Å²) >= 11 is 0. The minimum atomic E-state index is -3.88. The maximum Gasteiger partial charge on any atom is 0.264 e. The van der Waals surface area contributed by atoms with E-state index in [1.165, 1.54) is 4.68 Å². The van der Waals surface area contributed by atoms with Crippen LogP contribution in [0.15, 0.2) is 4.90 Å². The molecule has 0 bridgehead atoms. The van der Waals surface area contributed by atoms with Crippen LogP contribution in [0.4, 0.5) is 0 Å². The van der Waals surface area contributed by atoms with Crippen molar-refractivity contribution in [2.24, 2.45) is 0 Å². The molecule has 1 aromatic heterocycles. The zero-order chi connectivity index (χ0) is 15.8. The second kappa shape index (κ2) is 5.96. The Morgan fingerprint density at radius 3 is 2.48 bits per heavy atom. The van der Waals surface area contributed by atoms with Crippen LogP contribution in [-0.2, 0) is 26.7 Å². The zero-order valence-corrected chi connectivity index (χ0v) is 14.0. The number of nitrogens with one attached hydrogen (secondary N) is 1. The molecule has 1 saturated carbocycles. The summed E-state index contributed by atoms with van der Waals surface area (Å²) < 4.78 is 25.1. The minimum absolute atomic E-state index is 0.0558. The monoisotopic (exact) mass is 333 g/mol. The van der Waals surface area contributed by atoms with E-state index in [-0.39, 0.29) is 16.8 Å². The molecule has 0 aliphatic heterocycles. The SMILES string of the molecule is CCc1nn(C(C)C(=O)NC2CC2)c(CC)c1S(=O)(=O)Cl. The maximum absolute atomic E-state index is 12.2. The van der Waals surface area contributed by atoms with E-state index >= 15 is 0 Å². The summed E-state index contributed by atoms with van der Waals surface area (Å²) in [7, 11) is 1.66. The van der Waals surface area contributed by atoms with Gasteiger partial charge in [0, 0.05) is 16.7 Å². The molecule has 6 nitrogen and oxygen atoms in total. The zero-order valence-electron chi connectivity index (χ0n) is 12.4. The fourth-order valence-corrected chi connectivity index (χ4v) is 3.84. The number of hydrogen-bond acceptors (Lipinski definition) is 4. The fourth-order valence-electron chi connectivity index (χ4n) is 2.32. The summed E-state index contributed by atoms with van der Waals surface area (Å²) in [5, 5.41) is 7.21. The lowest BCUT2D eigenvalue weighted by Gasteiger charge is -2.15. The van der Waals surface area contributed by atoms with Gasteiger partial charge in [-0.3, -0.25) is 9.48 Å². The fraction of sp³-hybridized carbons (Fsp3) is 0.692. The minimum Gasteiger partial charge on any atom is -0.352 e. The van der Waals surface area contributed by atoms with E-state index in [2.05, 4.69) is 10.4 Å². The molecular weight excluding hydrogens is 314 g/mol. The van der Waals surface area contributed by atoms with Gasteiger partial charge in [0.1, 0.15) is 10.9 Å². The van der Waals surface area contributed by atoms with Crippen LogP contribution in [-0.4, -0.2) is 30.1 Å². The third-order valence-electron chi connectivity index (χ3n) is 3.61. The molecule has 1 aliphatic carbocycles. The van der Waals surface area contributed by atoms with Crippen molar-refractivity contribution < 1.29 is 13.2 Å². The van der Waals surface area contributed by atoms with Gasteiger partial charge < -0.3 is 5.32 Å². The molecule has 1 unspecified atom stereocenters. The van der Waals surface area contributed by atoms with Crippen LogP contribution in [0.2, 0.25) is 0 Å². The van der Waals surface area contributed by atoms with E-state index in [1.54, 1.807) is 6.92 Å². The van der Waals surface area contributed by atoms with Crippen LogP contribution in [0.1, 0.15) is 51.0 Å². The van der Waals surface area contributed by atoms with Gasteiger partial charge in [-0.1, -0.05) is 13.8 Å². The highest BCUT2D eigenvalue weighted by Crippen LogP contribution is 2.28. The Bertz CT molecular complexity index is 650. The average molecular weight is 334 g/mol. The summed E-state index contributed by atoms with van der Waals surface area (Å²) in [6.45, 7) is 5.35. The number of nitrogens with zero attached hydrogens (tertiary/aromatic N) is 2. The Hall–Kier alpha value is -1.08. The topological polar surface area (TPSA) is 81.1 Å². The van der Waals surface area contributed by atoms with Gasteiger partial charge in [0.05, 0.1) is 11.4 Å². The van der Waals surface area contributed by atoms with Crippen molar-refractivity contribution in [1.82, 2.24) is 15.1 Å². The first-order chi connectivity index (χ1) is 9.79. The van der Waals surface area contributed by atoms with Crippen LogP contribution in [0.3, 0.4) is 0 Å². The summed E-state index contributed by atoms with van der Waals surface area (Å²) in [5.74, 6) is -0.143. The Kier molecular flexibility index (Phi) is 4.63.